The maximum Gasteiger partial charge on any atom is 0.349 e. The van der Waals surface area contributed by atoms with Crippen LogP contribution >= 0.6 is 11.6 Å². The number of fused-ring (bicyclic) bond motifs is 1. The van der Waals surface area contributed by atoms with E-state index in [0.29, 0.717) is 10.5 Å². The van der Waals surface area contributed by atoms with Gasteiger partial charge in [0.2, 0.25) is 0 Å². The van der Waals surface area contributed by atoms with Crippen molar-refractivity contribution in [3.05, 3.63) is 23.2 Å². The van der Waals surface area contributed by atoms with Crippen LogP contribution in [0, 0.1) is 0 Å². The van der Waals surface area contributed by atoms with Crippen LogP contribution < -0.4 is 0 Å². The van der Waals surface area contributed by atoms with Gasteiger partial charge in [0.1, 0.15) is 0 Å². The molecule has 0 spiro atoms. The van der Waals surface area contributed by atoms with E-state index in [9.17, 15) is 12.3 Å². The molecule has 1 aromatic carbocycles. The third kappa shape index (κ3) is 1.46. The molecule has 14 heavy (non-hydrogen) atoms. The Labute approximate surface area is 83.9 Å². The molecule has 0 bridgehead atoms. The highest BCUT2D eigenvalue weighted by Gasteiger charge is 2.18. The second-order valence-corrected chi connectivity index (χ2v) is 4.37. The quantitative estimate of drug-likeness (QED) is 0.767. The predicted octanol–water partition coefficient (Wildman–Crippen LogP) is 1.87. The molecule has 1 heterocycles. The first-order chi connectivity index (χ1) is 6.48. The van der Waals surface area contributed by atoms with Crippen LogP contribution in [0.5, 0.6) is 0 Å². The van der Waals surface area contributed by atoms with Crippen LogP contribution in [-0.4, -0.2) is 18.6 Å². The van der Waals surface area contributed by atoms with Gasteiger partial charge in [0, 0.05) is 10.4 Å². The summed E-state index contributed by atoms with van der Waals surface area (Å²) in [6.07, 6.45) is 0. The van der Waals surface area contributed by atoms with Gasteiger partial charge in [-0.15, -0.1) is 0 Å². The summed E-state index contributed by atoms with van der Waals surface area (Å²) < 4.78 is 33.9. The topological polar surface area (TPSA) is 62.8 Å². The molecule has 4 nitrogen and oxygen atoms in total. The van der Waals surface area contributed by atoms with Crippen molar-refractivity contribution < 1.29 is 12.3 Å². The largest absolute Gasteiger partial charge is 0.349 e. The lowest BCUT2D eigenvalue weighted by Crippen LogP contribution is -1.92. The maximum absolute atomic E-state index is 12.7. The Bertz CT molecular complexity index is 593. The van der Waals surface area contributed by atoms with Crippen LogP contribution in [0.1, 0.15) is 0 Å². The number of hydrogen-bond acceptors (Lipinski definition) is 3. The Hall–Kier alpha value is -1.14. The van der Waals surface area contributed by atoms with Gasteiger partial charge in [-0.05, 0) is 18.2 Å². The summed E-state index contributed by atoms with van der Waals surface area (Å²) in [5.74, 6) is 0. The van der Waals surface area contributed by atoms with E-state index in [1.807, 2.05) is 0 Å². The Morgan fingerprint density at radius 1 is 1.43 bits per heavy atom. The molecule has 0 unspecified atom stereocenters. The zero-order valence-corrected chi connectivity index (χ0v) is 8.23. The number of rotatable bonds is 1. The van der Waals surface area contributed by atoms with Crippen LogP contribution in [0.15, 0.2) is 23.2 Å². The average molecular weight is 235 g/mol. The predicted molar refractivity (Wildman–Crippen MR) is 49.4 cm³/mol. The first-order valence-electron chi connectivity index (χ1n) is 3.57. The van der Waals surface area contributed by atoms with Crippen molar-refractivity contribution in [1.29, 1.82) is 0 Å². The normalized spacial score (nSPS) is 12.1. The summed E-state index contributed by atoms with van der Waals surface area (Å²) in [4.78, 5) is 0. The molecule has 0 saturated heterocycles. The third-order valence-corrected chi connectivity index (χ3v) is 2.76. The lowest BCUT2D eigenvalue weighted by Gasteiger charge is -1.91. The van der Waals surface area contributed by atoms with Crippen LogP contribution in [0.2, 0.25) is 5.02 Å². The van der Waals surface area contributed by atoms with Gasteiger partial charge in [-0.25, -0.2) is 0 Å². The van der Waals surface area contributed by atoms with E-state index in [1.165, 1.54) is 18.2 Å². The smallest absolute Gasteiger partial charge is 0.264 e. The molecule has 1 aromatic heterocycles. The van der Waals surface area contributed by atoms with E-state index in [-0.39, 0.29) is 5.39 Å². The van der Waals surface area contributed by atoms with Crippen LogP contribution in [-0.2, 0) is 10.2 Å². The molecule has 0 fully saturated rings. The first kappa shape index (κ1) is 9.42. The van der Waals surface area contributed by atoms with E-state index < -0.39 is 15.2 Å². The molecule has 0 aliphatic rings. The molecule has 2 aromatic rings. The molecular weight excluding hydrogens is 231 g/mol. The van der Waals surface area contributed by atoms with Crippen molar-refractivity contribution in [3.8, 4) is 0 Å². The standard InChI is InChI=1S/C7H4ClFN2O2S/c8-4-1-2-5-6(3-4)10-11-7(5)14(9,12)13/h1-3H,(H,10,11). The van der Waals surface area contributed by atoms with Gasteiger partial charge in [0.05, 0.1) is 5.52 Å². The summed E-state index contributed by atoms with van der Waals surface area (Å²) in [5, 5.41) is 5.79. The molecule has 74 valence electrons. The fourth-order valence-corrected chi connectivity index (χ4v) is 1.90. The highest BCUT2D eigenvalue weighted by atomic mass is 35.5. The highest BCUT2D eigenvalue weighted by molar-refractivity contribution is 7.86. The molecule has 0 saturated carbocycles. The van der Waals surface area contributed by atoms with Gasteiger partial charge in [0.25, 0.3) is 0 Å². The Balaban J connectivity index is 2.83. The lowest BCUT2D eigenvalue weighted by molar-refractivity contribution is 0.548. The second kappa shape index (κ2) is 2.93. The van der Waals surface area contributed by atoms with E-state index in [1.54, 1.807) is 0 Å². The summed E-state index contributed by atoms with van der Waals surface area (Å²) in [7, 11) is -4.76. The minimum atomic E-state index is -4.76. The van der Waals surface area contributed by atoms with Crippen LogP contribution in [0.3, 0.4) is 0 Å². The molecule has 0 aliphatic heterocycles. The number of nitrogens with one attached hydrogen (secondary N) is 1. The Kier molecular flexibility index (Phi) is 1.97. The van der Waals surface area contributed by atoms with Crippen molar-refractivity contribution in [2.75, 3.05) is 0 Å². The van der Waals surface area contributed by atoms with Gasteiger partial charge in [-0.3, -0.25) is 5.10 Å². The van der Waals surface area contributed by atoms with Gasteiger partial charge in [-0.2, -0.15) is 13.5 Å². The van der Waals surface area contributed by atoms with Crippen LogP contribution in [0.25, 0.3) is 10.9 Å². The minimum Gasteiger partial charge on any atom is -0.264 e. The average Bonchev–Trinajstić information content (AvgIpc) is 2.45. The van der Waals surface area contributed by atoms with E-state index in [4.69, 9.17) is 11.6 Å². The Morgan fingerprint density at radius 2 is 2.14 bits per heavy atom. The number of aromatic nitrogens is 2. The van der Waals surface area contributed by atoms with Gasteiger partial charge in [0.15, 0.2) is 5.03 Å². The number of H-pyrrole nitrogens is 1. The summed E-state index contributed by atoms with van der Waals surface area (Å²) in [6.45, 7) is 0. The number of hydrogen-bond donors (Lipinski definition) is 1. The Morgan fingerprint density at radius 3 is 2.79 bits per heavy atom. The van der Waals surface area contributed by atoms with Crippen molar-refractivity contribution in [3.63, 3.8) is 0 Å². The molecule has 0 atom stereocenters. The minimum absolute atomic E-state index is 0.192. The van der Waals surface area contributed by atoms with Crippen molar-refractivity contribution in [1.82, 2.24) is 10.2 Å². The number of benzene rings is 1. The molecule has 0 aliphatic carbocycles. The molecule has 7 heteroatoms. The first-order valence-corrected chi connectivity index (χ1v) is 5.33. The lowest BCUT2D eigenvalue weighted by atomic mass is 10.3. The maximum atomic E-state index is 12.7. The fraction of sp³-hybridized carbons (Fsp3) is 0. The van der Waals surface area contributed by atoms with Gasteiger partial charge in [-0.1, -0.05) is 15.5 Å². The van der Waals surface area contributed by atoms with E-state index in [0.717, 1.165) is 0 Å². The summed E-state index contributed by atoms with van der Waals surface area (Å²) >= 11 is 5.65. The van der Waals surface area contributed by atoms with Crippen molar-refractivity contribution >= 4 is 32.7 Å². The van der Waals surface area contributed by atoms with E-state index in [2.05, 4.69) is 10.2 Å². The summed E-state index contributed by atoms with van der Waals surface area (Å²) in [6, 6.07) is 4.31. The molecular formula is C7H4ClFN2O2S. The number of halogens is 2. The zero-order chi connectivity index (χ0) is 10.3. The number of aromatic amines is 1. The molecule has 1 N–H and O–H groups in total. The van der Waals surface area contributed by atoms with Crippen molar-refractivity contribution in [2.24, 2.45) is 0 Å². The fourth-order valence-electron chi connectivity index (χ4n) is 1.15. The molecule has 0 amide bonds. The van der Waals surface area contributed by atoms with Gasteiger partial charge >= 0.3 is 10.2 Å². The van der Waals surface area contributed by atoms with Crippen LogP contribution in [0.4, 0.5) is 3.89 Å². The molecule has 0 radical (unpaired) electrons. The van der Waals surface area contributed by atoms with E-state index >= 15 is 0 Å². The summed E-state index contributed by atoms with van der Waals surface area (Å²) in [5.41, 5.74) is 0.314. The van der Waals surface area contributed by atoms with Gasteiger partial charge < -0.3 is 0 Å². The van der Waals surface area contributed by atoms with Crippen molar-refractivity contribution in [2.45, 2.75) is 5.03 Å². The molecule has 2 rings (SSSR count). The zero-order valence-electron chi connectivity index (χ0n) is 6.66. The number of nitrogens with zero attached hydrogens (tertiary/aromatic N) is 1. The SMILES string of the molecule is O=S(=O)(F)c1[nH]nc2cc(Cl)ccc12. The highest BCUT2D eigenvalue weighted by Crippen LogP contribution is 2.24. The second-order valence-electron chi connectivity index (χ2n) is 2.65. The monoisotopic (exact) mass is 234 g/mol. The third-order valence-electron chi connectivity index (χ3n) is 1.73.